The molecular weight excluding hydrogens is 307 g/mol. The van der Waals surface area contributed by atoms with Crippen LogP contribution in [0.4, 0.5) is 4.39 Å². The van der Waals surface area contributed by atoms with Gasteiger partial charge in [0.2, 0.25) is 5.91 Å². The summed E-state index contributed by atoms with van der Waals surface area (Å²) < 4.78 is 14.4. The first-order valence-electron chi connectivity index (χ1n) is 8.87. The summed E-state index contributed by atoms with van der Waals surface area (Å²) in [7, 11) is 0. The molecule has 2 aliphatic heterocycles. The third kappa shape index (κ3) is 2.60. The molecule has 1 unspecified atom stereocenters. The third-order valence-corrected chi connectivity index (χ3v) is 5.35. The van der Waals surface area contributed by atoms with Crippen LogP contribution in [0.1, 0.15) is 54.9 Å². The molecule has 0 radical (unpaired) electrons. The Kier molecular flexibility index (Phi) is 4.61. The summed E-state index contributed by atoms with van der Waals surface area (Å²) >= 11 is 0. The molecular formula is C19H25FN2O2. The van der Waals surface area contributed by atoms with E-state index in [9.17, 15) is 14.0 Å². The van der Waals surface area contributed by atoms with Crippen molar-refractivity contribution in [1.82, 2.24) is 9.80 Å². The van der Waals surface area contributed by atoms with E-state index in [4.69, 9.17) is 0 Å². The monoisotopic (exact) mass is 332 g/mol. The summed E-state index contributed by atoms with van der Waals surface area (Å²) in [6, 6.07) is 4.87. The highest BCUT2D eigenvalue weighted by Gasteiger charge is 2.52. The van der Waals surface area contributed by atoms with E-state index in [1.165, 1.54) is 6.07 Å². The highest BCUT2D eigenvalue weighted by atomic mass is 19.1. The largest absolute Gasteiger partial charge is 0.341 e. The topological polar surface area (TPSA) is 40.6 Å². The lowest BCUT2D eigenvalue weighted by Crippen LogP contribution is -2.61. The maximum absolute atomic E-state index is 14.4. The van der Waals surface area contributed by atoms with E-state index in [2.05, 4.69) is 0 Å². The van der Waals surface area contributed by atoms with Gasteiger partial charge in [0.15, 0.2) is 0 Å². The molecule has 0 bridgehead atoms. The van der Waals surface area contributed by atoms with Gasteiger partial charge in [0.25, 0.3) is 5.91 Å². The summed E-state index contributed by atoms with van der Waals surface area (Å²) in [5.74, 6) is -0.770. The molecule has 4 nitrogen and oxygen atoms in total. The average molecular weight is 332 g/mol. The molecule has 2 fully saturated rings. The van der Waals surface area contributed by atoms with Crippen molar-refractivity contribution in [3.63, 3.8) is 0 Å². The van der Waals surface area contributed by atoms with Gasteiger partial charge in [-0.25, -0.2) is 4.39 Å². The van der Waals surface area contributed by atoms with Crippen LogP contribution in [0.5, 0.6) is 0 Å². The second-order valence-electron chi connectivity index (χ2n) is 6.92. The predicted molar refractivity (Wildman–Crippen MR) is 90.2 cm³/mol. The van der Waals surface area contributed by atoms with Crippen LogP contribution in [-0.4, -0.2) is 46.8 Å². The third-order valence-electron chi connectivity index (χ3n) is 5.35. The van der Waals surface area contributed by atoms with E-state index in [0.29, 0.717) is 24.9 Å². The minimum absolute atomic E-state index is 0.0505. The van der Waals surface area contributed by atoms with Crippen LogP contribution in [0.25, 0.3) is 0 Å². The van der Waals surface area contributed by atoms with E-state index in [1.807, 2.05) is 11.8 Å². The molecule has 1 spiro atoms. The number of carbonyl (C=O) groups excluding carboxylic acids is 2. The molecule has 1 aromatic rings. The van der Waals surface area contributed by atoms with Gasteiger partial charge in [0, 0.05) is 19.6 Å². The zero-order valence-electron chi connectivity index (χ0n) is 14.5. The minimum Gasteiger partial charge on any atom is -0.341 e. The van der Waals surface area contributed by atoms with E-state index in [0.717, 1.165) is 32.4 Å². The Balaban J connectivity index is 1.94. The molecule has 0 N–H and O–H groups in total. The molecule has 2 aliphatic rings. The second kappa shape index (κ2) is 6.54. The van der Waals surface area contributed by atoms with Crippen LogP contribution in [-0.2, 0) is 4.79 Å². The Morgan fingerprint density at radius 2 is 1.96 bits per heavy atom. The van der Waals surface area contributed by atoms with E-state index in [-0.39, 0.29) is 17.4 Å². The Hall–Kier alpha value is -1.91. The molecule has 130 valence electrons. The highest BCUT2D eigenvalue weighted by Crippen LogP contribution is 2.39. The number of aryl methyl sites for hydroxylation is 1. The van der Waals surface area contributed by atoms with Crippen LogP contribution in [0.15, 0.2) is 18.2 Å². The fourth-order valence-corrected chi connectivity index (χ4v) is 4.16. The van der Waals surface area contributed by atoms with E-state index in [1.54, 1.807) is 24.0 Å². The van der Waals surface area contributed by atoms with Gasteiger partial charge in [-0.2, -0.15) is 0 Å². The summed E-state index contributed by atoms with van der Waals surface area (Å²) in [5.41, 5.74) is -0.228. The van der Waals surface area contributed by atoms with Crippen molar-refractivity contribution in [3.8, 4) is 0 Å². The first-order valence-corrected chi connectivity index (χ1v) is 8.87. The molecule has 2 heterocycles. The number of benzene rings is 1. The lowest BCUT2D eigenvalue weighted by atomic mass is 9.85. The van der Waals surface area contributed by atoms with Gasteiger partial charge in [0.1, 0.15) is 11.4 Å². The molecule has 24 heavy (non-hydrogen) atoms. The molecule has 2 saturated heterocycles. The normalized spacial score (nSPS) is 24.0. The van der Waals surface area contributed by atoms with Crippen LogP contribution < -0.4 is 0 Å². The van der Waals surface area contributed by atoms with Gasteiger partial charge in [-0.1, -0.05) is 19.1 Å². The summed E-state index contributed by atoms with van der Waals surface area (Å²) in [4.78, 5) is 29.6. The molecule has 5 heteroatoms. The van der Waals surface area contributed by atoms with Crippen LogP contribution >= 0.6 is 0 Å². The number of hydrogen-bond acceptors (Lipinski definition) is 2. The van der Waals surface area contributed by atoms with Crippen molar-refractivity contribution >= 4 is 11.8 Å². The van der Waals surface area contributed by atoms with Crippen LogP contribution in [0.3, 0.4) is 0 Å². The number of rotatable bonds is 3. The van der Waals surface area contributed by atoms with Crippen LogP contribution in [0, 0.1) is 12.7 Å². The maximum atomic E-state index is 14.4. The Bertz CT molecular complexity index is 659. The van der Waals surface area contributed by atoms with Gasteiger partial charge >= 0.3 is 0 Å². The first-order chi connectivity index (χ1) is 11.5. The molecule has 0 aliphatic carbocycles. The summed E-state index contributed by atoms with van der Waals surface area (Å²) in [5, 5.41) is 0. The Morgan fingerprint density at radius 3 is 2.67 bits per heavy atom. The number of amides is 2. The van der Waals surface area contributed by atoms with Gasteiger partial charge in [-0.15, -0.1) is 0 Å². The second-order valence-corrected chi connectivity index (χ2v) is 6.92. The fourth-order valence-electron chi connectivity index (χ4n) is 4.16. The molecule has 3 rings (SSSR count). The number of carbonyl (C=O) groups is 2. The lowest BCUT2D eigenvalue weighted by molar-refractivity contribution is -0.145. The number of halogens is 1. The Morgan fingerprint density at radius 1 is 1.25 bits per heavy atom. The Labute approximate surface area is 142 Å². The first kappa shape index (κ1) is 16.9. The van der Waals surface area contributed by atoms with Crippen molar-refractivity contribution < 1.29 is 14.0 Å². The van der Waals surface area contributed by atoms with Crippen molar-refractivity contribution in [3.05, 3.63) is 35.1 Å². The van der Waals surface area contributed by atoms with Crippen LogP contribution in [0.2, 0.25) is 0 Å². The maximum Gasteiger partial charge on any atom is 0.257 e. The number of hydrogen-bond donors (Lipinski definition) is 0. The summed E-state index contributed by atoms with van der Waals surface area (Å²) in [6.45, 7) is 5.71. The van der Waals surface area contributed by atoms with Crippen molar-refractivity contribution in [1.29, 1.82) is 0 Å². The number of piperidine rings is 1. The smallest absolute Gasteiger partial charge is 0.257 e. The van der Waals surface area contributed by atoms with E-state index < -0.39 is 11.4 Å². The van der Waals surface area contributed by atoms with Gasteiger partial charge in [0.05, 0.1) is 5.56 Å². The SMILES string of the molecule is CCCN1CCCC2(CCCN2C(=O)c2cccc(C)c2F)C1=O. The van der Waals surface area contributed by atoms with Gasteiger partial charge in [-0.05, 0) is 50.7 Å². The molecule has 1 aromatic carbocycles. The minimum atomic E-state index is -0.763. The van der Waals surface area contributed by atoms with Crippen molar-refractivity contribution in [2.45, 2.75) is 51.5 Å². The zero-order valence-corrected chi connectivity index (χ0v) is 14.5. The standard InChI is InChI=1S/C19H25FN2O2/c1-3-11-21-12-5-9-19(18(21)24)10-6-13-22(19)17(23)15-8-4-7-14(2)16(15)20/h4,7-8H,3,5-6,9-13H2,1-2H3. The fraction of sp³-hybridized carbons (Fsp3) is 0.579. The number of nitrogens with zero attached hydrogens (tertiary/aromatic N) is 2. The lowest BCUT2D eigenvalue weighted by Gasteiger charge is -2.44. The molecule has 2 amide bonds. The molecule has 0 saturated carbocycles. The molecule has 0 aromatic heterocycles. The van der Waals surface area contributed by atoms with Gasteiger partial charge < -0.3 is 9.80 Å². The zero-order chi connectivity index (χ0) is 17.3. The molecule has 1 atom stereocenters. The van der Waals surface area contributed by atoms with Crippen molar-refractivity contribution in [2.24, 2.45) is 0 Å². The quantitative estimate of drug-likeness (QED) is 0.853. The number of likely N-dealkylation sites (tertiary alicyclic amines) is 2. The van der Waals surface area contributed by atoms with E-state index >= 15 is 0 Å². The van der Waals surface area contributed by atoms with Gasteiger partial charge in [-0.3, -0.25) is 9.59 Å². The van der Waals surface area contributed by atoms with Crippen molar-refractivity contribution in [2.75, 3.05) is 19.6 Å². The average Bonchev–Trinajstić information content (AvgIpc) is 2.99. The highest BCUT2D eigenvalue weighted by molar-refractivity contribution is 6.00. The predicted octanol–water partition coefficient (Wildman–Crippen LogP) is 3.14. The summed E-state index contributed by atoms with van der Waals surface area (Å²) in [6.07, 6.45) is 3.97.